The fraction of sp³-hybridized carbons (Fsp3) is 0.188. The van der Waals surface area contributed by atoms with Gasteiger partial charge >= 0.3 is 5.97 Å². The number of imidazole rings is 1. The number of rotatable bonds is 6. The Morgan fingerprint density at radius 2 is 2.05 bits per heavy atom. The summed E-state index contributed by atoms with van der Waals surface area (Å²) in [6.45, 7) is 2.31. The average Bonchev–Trinajstić information content (AvgIpc) is 2.97. The zero-order valence-corrected chi connectivity index (χ0v) is 12.1. The molecular weight excluding hydrogens is 284 g/mol. The van der Waals surface area contributed by atoms with Crippen molar-refractivity contribution in [2.75, 3.05) is 6.61 Å². The third kappa shape index (κ3) is 4.05. The van der Waals surface area contributed by atoms with Gasteiger partial charge in [-0.1, -0.05) is 30.3 Å². The standard InChI is InChI=1S/C16H16N2O4/c1-2-22-16(21)15(20)8-14(19)13-10-18(11-17-13)9-12-6-4-3-5-7-12/h3-8,10-11,20H,2,9H2,1H3/b15-8+. The van der Waals surface area contributed by atoms with Gasteiger partial charge in [0, 0.05) is 18.8 Å². The topological polar surface area (TPSA) is 81.4 Å². The van der Waals surface area contributed by atoms with Crippen LogP contribution in [-0.4, -0.2) is 33.0 Å². The summed E-state index contributed by atoms with van der Waals surface area (Å²) in [5, 5.41) is 9.45. The molecule has 0 aliphatic heterocycles. The van der Waals surface area contributed by atoms with Crippen molar-refractivity contribution in [3.8, 4) is 0 Å². The minimum atomic E-state index is -0.931. The van der Waals surface area contributed by atoms with Crippen LogP contribution in [0.4, 0.5) is 0 Å². The maximum absolute atomic E-state index is 11.9. The van der Waals surface area contributed by atoms with E-state index in [1.54, 1.807) is 17.7 Å². The number of hydrogen-bond acceptors (Lipinski definition) is 5. The first-order valence-electron chi connectivity index (χ1n) is 6.78. The van der Waals surface area contributed by atoms with Gasteiger partial charge in [-0.05, 0) is 12.5 Å². The summed E-state index contributed by atoms with van der Waals surface area (Å²) in [5.74, 6) is -2.22. The minimum Gasteiger partial charge on any atom is -0.502 e. The zero-order chi connectivity index (χ0) is 15.9. The molecule has 0 saturated heterocycles. The Labute approximate surface area is 127 Å². The highest BCUT2D eigenvalue weighted by atomic mass is 16.5. The molecule has 1 aromatic heterocycles. The molecule has 114 valence electrons. The van der Waals surface area contributed by atoms with Crippen LogP contribution in [0.2, 0.25) is 0 Å². The van der Waals surface area contributed by atoms with Crippen molar-refractivity contribution in [2.24, 2.45) is 0 Å². The molecule has 0 amide bonds. The first kappa shape index (κ1) is 15.5. The van der Waals surface area contributed by atoms with Crippen LogP contribution < -0.4 is 0 Å². The molecule has 2 aromatic rings. The van der Waals surface area contributed by atoms with Crippen molar-refractivity contribution in [1.82, 2.24) is 9.55 Å². The van der Waals surface area contributed by atoms with E-state index in [0.717, 1.165) is 11.6 Å². The van der Waals surface area contributed by atoms with E-state index in [-0.39, 0.29) is 12.3 Å². The van der Waals surface area contributed by atoms with E-state index in [1.807, 2.05) is 30.3 Å². The van der Waals surface area contributed by atoms with Gasteiger partial charge in [0.15, 0.2) is 0 Å². The number of nitrogens with zero attached hydrogens (tertiary/aromatic N) is 2. The summed E-state index contributed by atoms with van der Waals surface area (Å²) < 4.78 is 6.34. The zero-order valence-electron chi connectivity index (χ0n) is 12.1. The number of aliphatic hydroxyl groups excluding tert-OH is 1. The molecule has 0 aliphatic carbocycles. The number of esters is 1. The number of ketones is 1. The molecule has 0 atom stereocenters. The van der Waals surface area contributed by atoms with E-state index >= 15 is 0 Å². The third-order valence-corrected chi connectivity index (χ3v) is 2.85. The molecule has 2 rings (SSSR count). The van der Waals surface area contributed by atoms with Gasteiger partial charge in [0.1, 0.15) is 5.69 Å². The summed E-state index contributed by atoms with van der Waals surface area (Å²) in [4.78, 5) is 27.1. The molecule has 0 aliphatic rings. The van der Waals surface area contributed by atoms with Crippen LogP contribution in [0.1, 0.15) is 23.0 Å². The van der Waals surface area contributed by atoms with Gasteiger partial charge in [-0.2, -0.15) is 0 Å². The Bertz CT molecular complexity index is 689. The Morgan fingerprint density at radius 3 is 2.73 bits per heavy atom. The first-order valence-corrected chi connectivity index (χ1v) is 6.78. The molecule has 6 nitrogen and oxygen atoms in total. The molecule has 0 unspecified atom stereocenters. The Hall–Kier alpha value is -2.89. The minimum absolute atomic E-state index is 0.122. The van der Waals surface area contributed by atoms with Gasteiger partial charge in [0.2, 0.25) is 11.5 Å². The summed E-state index contributed by atoms with van der Waals surface area (Å²) >= 11 is 0. The number of allylic oxidation sites excluding steroid dienone is 1. The van der Waals surface area contributed by atoms with E-state index in [1.165, 1.54) is 6.33 Å². The molecule has 1 aromatic carbocycles. The number of aromatic nitrogens is 2. The first-order chi connectivity index (χ1) is 10.6. The van der Waals surface area contributed by atoms with Crippen molar-refractivity contribution in [1.29, 1.82) is 0 Å². The molecule has 6 heteroatoms. The van der Waals surface area contributed by atoms with Crippen LogP contribution in [0.3, 0.4) is 0 Å². The second-order valence-corrected chi connectivity index (χ2v) is 4.53. The Kier molecular flexibility index (Phi) is 5.08. The monoisotopic (exact) mass is 300 g/mol. The highest BCUT2D eigenvalue weighted by molar-refractivity contribution is 6.06. The molecule has 1 heterocycles. The predicted octanol–water partition coefficient (Wildman–Crippen LogP) is 2.12. The Balaban J connectivity index is 2.06. The van der Waals surface area contributed by atoms with Gasteiger partial charge in [-0.15, -0.1) is 0 Å². The van der Waals surface area contributed by atoms with Crippen molar-refractivity contribution in [3.63, 3.8) is 0 Å². The van der Waals surface area contributed by atoms with Gasteiger partial charge < -0.3 is 14.4 Å². The molecule has 0 spiro atoms. The number of hydrogen-bond donors (Lipinski definition) is 1. The van der Waals surface area contributed by atoms with Gasteiger partial charge in [0.05, 0.1) is 12.9 Å². The number of benzene rings is 1. The van der Waals surface area contributed by atoms with Crippen LogP contribution in [-0.2, 0) is 16.1 Å². The number of carbonyl (C=O) groups excluding carboxylic acids is 2. The van der Waals surface area contributed by atoms with Crippen LogP contribution in [0.5, 0.6) is 0 Å². The van der Waals surface area contributed by atoms with Gasteiger partial charge in [-0.3, -0.25) is 4.79 Å². The molecule has 22 heavy (non-hydrogen) atoms. The van der Waals surface area contributed by atoms with Crippen molar-refractivity contribution < 1.29 is 19.4 Å². The number of ether oxygens (including phenoxy) is 1. The summed E-state index contributed by atoms with van der Waals surface area (Å²) in [6.07, 6.45) is 3.90. The van der Waals surface area contributed by atoms with Crippen LogP contribution in [0, 0.1) is 0 Å². The quantitative estimate of drug-likeness (QED) is 0.382. The molecular formula is C16H16N2O4. The molecule has 0 saturated carbocycles. The van der Waals surface area contributed by atoms with E-state index in [4.69, 9.17) is 0 Å². The van der Waals surface area contributed by atoms with Gasteiger partial charge in [-0.25, -0.2) is 9.78 Å². The van der Waals surface area contributed by atoms with E-state index in [9.17, 15) is 14.7 Å². The second-order valence-electron chi connectivity index (χ2n) is 4.53. The van der Waals surface area contributed by atoms with Gasteiger partial charge in [0.25, 0.3) is 0 Å². The molecule has 0 radical (unpaired) electrons. The lowest BCUT2D eigenvalue weighted by molar-refractivity contribution is -0.141. The highest BCUT2D eigenvalue weighted by Gasteiger charge is 2.13. The lowest BCUT2D eigenvalue weighted by atomic mass is 10.2. The smallest absolute Gasteiger partial charge is 0.373 e. The normalized spacial score (nSPS) is 11.2. The predicted molar refractivity (Wildman–Crippen MR) is 79.4 cm³/mol. The third-order valence-electron chi connectivity index (χ3n) is 2.85. The fourth-order valence-corrected chi connectivity index (χ4v) is 1.83. The van der Waals surface area contributed by atoms with Crippen molar-refractivity contribution in [2.45, 2.75) is 13.5 Å². The maximum atomic E-state index is 11.9. The van der Waals surface area contributed by atoms with Crippen LogP contribution in [0.25, 0.3) is 0 Å². The van der Waals surface area contributed by atoms with Crippen molar-refractivity contribution in [3.05, 3.63) is 65.9 Å². The lowest BCUT2D eigenvalue weighted by Gasteiger charge is -2.01. The summed E-state index contributed by atoms with van der Waals surface area (Å²) in [7, 11) is 0. The van der Waals surface area contributed by atoms with Crippen LogP contribution in [0.15, 0.2) is 54.7 Å². The Morgan fingerprint density at radius 1 is 1.32 bits per heavy atom. The average molecular weight is 300 g/mol. The molecule has 0 bridgehead atoms. The number of carbonyl (C=O) groups is 2. The largest absolute Gasteiger partial charge is 0.502 e. The summed E-state index contributed by atoms with van der Waals surface area (Å²) in [6, 6.07) is 9.72. The van der Waals surface area contributed by atoms with Crippen molar-refractivity contribution >= 4 is 11.8 Å². The van der Waals surface area contributed by atoms with E-state index < -0.39 is 17.5 Å². The highest BCUT2D eigenvalue weighted by Crippen LogP contribution is 2.06. The number of aliphatic hydroxyl groups is 1. The molecule has 1 N–H and O–H groups in total. The second kappa shape index (κ2) is 7.21. The molecule has 0 fully saturated rings. The van der Waals surface area contributed by atoms with E-state index in [0.29, 0.717) is 6.54 Å². The van der Waals surface area contributed by atoms with Crippen LogP contribution >= 0.6 is 0 Å². The fourth-order valence-electron chi connectivity index (χ4n) is 1.83. The SMILES string of the molecule is CCOC(=O)/C(O)=C\C(=O)c1cn(Cc2ccccc2)cn1. The summed E-state index contributed by atoms with van der Waals surface area (Å²) in [5.41, 5.74) is 1.22. The maximum Gasteiger partial charge on any atom is 0.373 e. The lowest BCUT2D eigenvalue weighted by Crippen LogP contribution is -2.09. The van der Waals surface area contributed by atoms with E-state index in [2.05, 4.69) is 9.72 Å².